The molecule has 1 heterocycles. The number of aromatic amines is 1. The Morgan fingerprint density at radius 2 is 1.65 bits per heavy atom. The third kappa shape index (κ3) is 7.04. The Hall–Kier alpha value is -3.93. The zero-order valence-electron chi connectivity index (χ0n) is 18.8. The number of hydrogen-bond donors (Lipinski definition) is 7. The van der Waals surface area contributed by atoms with Gasteiger partial charge in [-0.05, 0) is 17.5 Å². The summed E-state index contributed by atoms with van der Waals surface area (Å²) < 4.78 is 0. The van der Waals surface area contributed by atoms with Crippen molar-refractivity contribution in [1.29, 1.82) is 0 Å². The summed E-state index contributed by atoms with van der Waals surface area (Å²) in [6, 6.07) is 3.50. The first-order chi connectivity index (χ1) is 16.0. The maximum atomic E-state index is 13.1. The number of aliphatic carboxylic acids is 2. The normalized spacial score (nSPS) is 13.6. The minimum Gasteiger partial charge on any atom is -0.481 e. The molecule has 0 saturated heterocycles. The number of aromatic nitrogens is 1. The fraction of sp³-hybridized carbons (Fsp3) is 0.409. The number of hydrogen-bond acceptors (Lipinski definition) is 6. The van der Waals surface area contributed by atoms with Gasteiger partial charge in [-0.1, -0.05) is 32.0 Å². The van der Waals surface area contributed by atoms with Crippen molar-refractivity contribution >= 4 is 40.6 Å². The number of rotatable bonds is 12. The molecule has 0 aliphatic heterocycles. The molecule has 1 aromatic heterocycles. The van der Waals surface area contributed by atoms with E-state index in [9.17, 15) is 29.1 Å². The van der Waals surface area contributed by atoms with E-state index in [4.69, 9.17) is 10.8 Å². The smallest absolute Gasteiger partial charge is 0.326 e. The van der Waals surface area contributed by atoms with Gasteiger partial charge >= 0.3 is 11.9 Å². The number of carbonyl (C=O) groups is 5. The van der Waals surface area contributed by atoms with Crippen LogP contribution in [0, 0.1) is 5.92 Å². The van der Waals surface area contributed by atoms with E-state index in [0.717, 1.165) is 16.5 Å². The van der Waals surface area contributed by atoms with Crippen LogP contribution < -0.4 is 21.7 Å². The van der Waals surface area contributed by atoms with Crippen LogP contribution in [0.5, 0.6) is 0 Å². The van der Waals surface area contributed by atoms with E-state index >= 15 is 0 Å². The fourth-order valence-corrected chi connectivity index (χ4v) is 3.41. The van der Waals surface area contributed by atoms with E-state index in [1.54, 1.807) is 20.0 Å². The van der Waals surface area contributed by atoms with Crippen molar-refractivity contribution in [1.82, 2.24) is 20.9 Å². The lowest BCUT2D eigenvalue weighted by molar-refractivity contribution is -0.147. The molecule has 12 nitrogen and oxygen atoms in total. The van der Waals surface area contributed by atoms with Crippen molar-refractivity contribution in [2.45, 2.75) is 44.8 Å². The SMILES string of the molecule is CC(C)C(NC(=O)C(Cc1c[nH]c2ccccc12)NC(=O)CN)C(=O)NC(CC(=O)O)C(=O)O. The second kappa shape index (κ2) is 11.8. The van der Waals surface area contributed by atoms with Gasteiger partial charge in [0.25, 0.3) is 0 Å². The first-order valence-corrected chi connectivity index (χ1v) is 10.6. The number of carboxylic acid groups (broad SMARTS) is 2. The van der Waals surface area contributed by atoms with Crippen molar-refractivity contribution in [2.24, 2.45) is 11.7 Å². The molecule has 0 fully saturated rings. The molecule has 0 saturated carbocycles. The van der Waals surface area contributed by atoms with Crippen LogP contribution in [0.3, 0.4) is 0 Å². The first-order valence-electron chi connectivity index (χ1n) is 10.6. The number of carbonyl (C=O) groups excluding carboxylic acids is 3. The molecule has 0 spiro atoms. The van der Waals surface area contributed by atoms with Crippen molar-refractivity contribution in [2.75, 3.05) is 6.54 Å². The number of carboxylic acids is 2. The molecule has 34 heavy (non-hydrogen) atoms. The molecule has 3 atom stereocenters. The Morgan fingerprint density at radius 3 is 2.24 bits per heavy atom. The summed E-state index contributed by atoms with van der Waals surface area (Å²) in [4.78, 5) is 63.1. The van der Waals surface area contributed by atoms with Crippen LogP contribution in [0.1, 0.15) is 25.8 Å². The predicted octanol–water partition coefficient (Wildman–Crippen LogP) is -0.661. The van der Waals surface area contributed by atoms with Gasteiger partial charge in [-0.15, -0.1) is 0 Å². The van der Waals surface area contributed by atoms with Gasteiger partial charge < -0.3 is 36.9 Å². The predicted molar refractivity (Wildman–Crippen MR) is 122 cm³/mol. The van der Waals surface area contributed by atoms with Crippen molar-refractivity contribution in [3.05, 3.63) is 36.0 Å². The topological polar surface area (TPSA) is 204 Å². The Kier molecular flexibility index (Phi) is 9.13. The van der Waals surface area contributed by atoms with E-state index in [1.807, 2.05) is 24.3 Å². The maximum absolute atomic E-state index is 13.1. The van der Waals surface area contributed by atoms with E-state index in [0.29, 0.717) is 0 Å². The van der Waals surface area contributed by atoms with Crippen LogP contribution in [0.4, 0.5) is 0 Å². The van der Waals surface area contributed by atoms with Crippen LogP contribution in [0.2, 0.25) is 0 Å². The minimum absolute atomic E-state index is 0.102. The van der Waals surface area contributed by atoms with Gasteiger partial charge in [-0.25, -0.2) is 4.79 Å². The Balaban J connectivity index is 2.22. The summed E-state index contributed by atoms with van der Waals surface area (Å²) in [5.41, 5.74) is 6.99. The van der Waals surface area contributed by atoms with Crippen LogP contribution in [0.15, 0.2) is 30.5 Å². The monoisotopic (exact) mass is 475 g/mol. The molecule has 1 aromatic carbocycles. The Morgan fingerprint density at radius 1 is 0.971 bits per heavy atom. The van der Waals surface area contributed by atoms with Gasteiger partial charge in [0.05, 0.1) is 13.0 Å². The maximum Gasteiger partial charge on any atom is 0.326 e. The van der Waals surface area contributed by atoms with E-state index < -0.39 is 60.1 Å². The van der Waals surface area contributed by atoms with Crippen LogP contribution in [-0.4, -0.2) is 69.5 Å². The molecule has 0 bridgehead atoms. The number of nitrogens with two attached hydrogens (primary N) is 1. The number of para-hydroxylation sites is 1. The first kappa shape index (κ1) is 26.3. The average Bonchev–Trinajstić information content (AvgIpc) is 3.18. The molecule has 2 rings (SSSR count). The van der Waals surface area contributed by atoms with Gasteiger partial charge in [0.1, 0.15) is 18.1 Å². The summed E-state index contributed by atoms with van der Waals surface area (Å²) in [6.45, 7) is 2.91. The Labute approximate surface area is 195 Å². The summed E-state index contributed by atoms with van der Waals surface area (Å²) >= 11 is 0. The third-order valence-corrected chi connectivity index (χ3v) is 5.18. The zero-order valence-corrected chi connectivity index (χ0v) is 18.8. The lowest BCUT2D eigenvalue weighted by Gasteiger charge is -2.26. The molecular formula is C22H29N5O7. The van der Waals surface area contributed by atoms with Crippen LogP contribution >= 0.6 is 0 Å². The van der Waals surface area contributed by atoms with Gasteiger partial charge in [-0.3, -0.25) is 19.2 Å². The van der Waals surface area contributed by atoms with Crippen LogP contribution in [0.25, 0.3) is 10.9 Å². The van der Waals surface area contributed by atoms with E-state index in [-0.39, 0.29) is 13.0 Å². The highest BCUT2D eigenvalue weighted by molar-refractivity contribution is 5.95. The van der Waals surface area contributed by atoms with Crippen molar-refractivity contribution < 1.29 is 34.2 Å². The number of fused-ring (bicyclic) bond motifs is 1. The molecular weight excluding hydrogens is 446 g/mol. The number of benzene rings is 1. The highest BCUT2D eigenvalue weighted by Gasteiger charge is 2.32. The van der Waals surface area contributed by atoms with Gasteiger partial charge in [0, 0.05) is 23.5 Å². The summed E-state index contributed by atoms with van der Waals surface area (Å²) in [7, 11) is 0. The molecule has 2 aromatic rings. The number of amides is 3. The van der Waals surface area contributed by atoms with Crippen molar-refractivity contribution in [3.63, 3.8) is 0 Å². The lowest BCUT2D eigenvalue weighted by Crippen LogP contribution is -2.58. The van der Waals surface area contributed by atoms with Gasteiger partial charge in [-0.2, -0.15) is 0 Å². The van der Waals surface area contributed by atoms with E-state index in [2.05, 4.69) is 20.9 Å². The second-order valence-electron chi connectivity index (χ2n) is 8.12. The summed E-state index contributed by atoms with van der Waals surface area (Å²) in [6.07, 6.45) is 0.996. The highest BCUT2D eigenvalue weighted by atomic mass is 16.4. The molecule has 3 amide bonds. The van der Waals surface area contributed by atoms with Gasteiger partial charge in [0.15, 0.2) is 0 Å². The fourth-order valence-electron chi connectivity index (χ4n) is 3.41. The highest BCUT2D eigenvalue weighted by Crippen LogP contribution is 2.19. The molecule has 12 heteroatoms. The van der Waals surface area contributed by atoms with Crippen LogP contribution in [-0.2, 0) is 30.4 Å². The van der Waals surface area contributed by atoms with Gasteiger partial charge in [0.2, 0.25) is 17.7 Å². The molecule has 0 radical (unpaired) electrons. The molecule has 184 valence electrons. The quantitative estimate of drug-likeness (QED) is 0.209. The molecule has 8 N–H and O–H groups in total. The minimum atomic E-state index is -1.66. The molecule has 0 aliphatic carbocycles. The molecule has 0 aliphatic rings. The zero-order chi connectivity index (χ0) is 25.4. The average molecular weight is 476 g/mol. The summed E-state index contributed by atoms with van der Waals surface area (Å²) in [5, 5.41) is 26.2. The number of nitrogens with one attached hydrogen (secondary N) is 4. The third-order valence-electron chi connectivity index (χ3n) is 5.18. The lowest BCUT2D eigenvalue weighted by atomic mass is 10.00. The standard InChI is InChI=1S/C22H29N5O7/c1-11(2)19(21(32)26-16(22(33)34)8-18(29)30)27-20(31)15(25-17(28)9-23)7-12-10-24-14-6-4-3-5-13(12)14/h3-6,10-11,15-16,19,24H,7-9,23H2,1-2H3,(H,25,28)(H,26,32)(H,27,31)(H,29,30)(H,33,34). The summed E-state index contributed by atoms with van der Waals surface area (Å²) in [5.74, 6) is -5.49. The second-order valence-corrected chi connectivity index (χ2v) is 8.12. The Bertz CT molecular complexity index is 1060. The number of H-pyrrole nitrogens is 1. The largest absolute Gasteiger partial charge is 0.481 e. The van der Waals surface area contributed by atoms with E-state index in [1.165, 1.54) is 0 Å². The van der Waals surface area contributed by atoms with Crippen molar-refractivity contribution in [3.8, 4) is 0 Å². The molecule has 3 unspecified atom stereocenters.